The molecule has 0 saturated carbocycles. The number of benzene rings is 4. The van der Waals surface area contributed by atoms with Gasteiger partial charge in [0, 0.05) is 10.8 Å². The molecule has 338 valence electrons. The summed E-state index contributed by atoms with van der Waals surface area (Å²) in [7, 11) is 0. The molecule has 0 aromatic heterocycles. The Bertz CT molecular complexity index is 2110. The fourth-order valence-electron chi connectivity index (χ4n) is 8.91. The summed E-state index contributed by atoms with van der Waals surface area (Å²) in [5.41, 5.74) is 3.56. The third-order valence-electron chi connectivity index (χ3n) is 15.2. The number of rotatable bonds is 21. The third-order valence-corrected chi connectivity index (χ3v) is 15.2. The van der Waals surface area contributed by atoms with Crippen molar-refractivity contribution >= 4 is 11.9 Å². The second-order valence-electron chi connectivity index (χ2n) is 19.2. The molecule has 0 saturated heterocycles. The Morgan fingerprint density at radius 1 is 0.435 bits per heavy atom. The highest BCUT2D eigenvalue weighted by Gasteiger charge is 2.56. The van der Waals surface area contributed by atoms with Crippen LogP contribution in [0.3, 0.4) is 0 Å². The van der Waals surface area contributed by atoms with Gasteiger partial charge in [0.1, 0.15) is 39.6 Å². The number of carbonyl (C=O) groups excluding carboxylic acids is 2. The maximum absolute atomic E-state index is 14.7. The van der Waals surface area contributed by atoms with E-state index in [-0.39, 0.29) is 28.4 Å². The van der Waals surface area contributed by atoms with Gasteiger partial charge < -0.3 is 18.9 Å². The monoisotopic (exact) mass is 847 g/mol. The average Bonchev–Trinajstić information content (AvgIpc) is 3.27. The van der Waals surface area contributed by atoms with Crippen LogP contribution in [-0.4, -0.2) is 23.1 Å². The van der Waals surface area contributed by atoms with Crippen molar-refractivity contribution in [2.24, 2.45) is 10.8 Å². The number of hydrogen-bond donors (Lipinski definition) is 0. The molecule has 0 aliphatic carbocycles. The number of carbonyl (C=O) groups is 2. The third kappa shape index (κ3) is 9.95. The van der Waals surface area contributed by atoms with E-state index < -0.39 is 16.4 Å². The maximum Gasteiger partial charge on any atom is 0.321 e. The van der Waals surface area contributed by atoms with Crippen molar-refractivity contribution in [3.05, 3.63) is 118 Å². The van der Waals surface area contributed by atoms with E-state index in [1.165, 1.54) is 5.56 Å². The number of ether oxygens (including phenoxy) is 4. The Hall–Kier alpha value is -4.58. The largest absolute Gasteiger partial charge is 0.487 e. The van der Waals surface area contributed by atoms with E-state index in [1.807, 2.05) is 70.2 Å². The minimum Gasteiger partial charge on any atom is -0.487 e. The van der Waals surface area contributed by atoms with Gasteiger partial charge in [-0.1, -0.05) is 132 Å². The zero-order valence-electron chi connectivity index (χ0n) is 41.2. The lowest BCUT2D eigenvalue weighted by atomic mass is 9.65. The van der Waals surface area contributed by atoms with Crippen molar-refractivity contribution in [2.75, 3.05) is 0 Å². The van der Waals surface area contributed by atoms with E-state index >= 15 is 0 Å². The molecular formula is C56H78O6. The summed E-state index contributed by atoms with van der Waals surface area (Å²) >= 11 is 0. The van der Waals surface area contributed by atoms with Crippen LogP contribution in [0.4, 0.5) is 0 Å². The average molecular weight is 847 g/mol. The van der Waals surface area contributed by atoms with E-state index in [1.54, 1.807) is 0 Å². The molecule has 6 nitrogen and oxygen atoms in total. The molecule has 62 heavy (non-hydrogen) atoms. The highest BCUT2D eigenvalue weighted by atomic mass is 16.5. The summed E-state index contributed by atoms with van der Waals surface area (Å²) in [6.07, 6.45) is 5.74. The Balaban J connectivity index is 1.55. The van der Waals surface area contributed by atoms with Crippen molar-refractivity contribution in [2.45, 2.75) is 184 Å². The van der Waals surface area contributed by atoms with Crippen molar-refractivity contribution in [3.63, 3.8) is 0 Å². The maximum atomic E-state index is 14.7. The predicted molar refractivity (Wildman–Crippen MR) is 256 cm³/mol. The first-order chi connectivity index (χ1) is 29.1. The predicted octanol–water partition coefficient (Wildman–Crippen LogP) is 15.0. The molecule has 4 rings (SSSR count). The number of aryl methyl sites for hydroxylation is 2. The molecule has 0 bridgehead atoms. The van der Waals surface area contributed by atoms with Crippen LogP contribution in [0.1, 0.15) is 182 Å². The van der Waals surface area contributed by atoms with Gasteiger partial charge in [-0.05, 0) is 149 Å². The first-order valence-electron chi connectivity index (χ1n) is 23.4. The Labute approximate surface area is 375 Å². The molecule has 0 unspecified atom stereocenters. The Morgan fingerprint density at radius 2 is 0.855 bits per heavy atom. The van der Waals surface area contributed by atoms with Crippen LogP contribution in [0, 0.1) is 24.7 Å². The van der Waals surface area contributed by atoms with Crippen LogP contribution in [0.25, 0.3) is 0 Å². The normalized spacial score (nSPS) is 12.8. The molecule has 0 aliphatic rings. The van der Waals surface area contributed by atoms with Crippen molar-refractivity contribution in [1.82, 2.24) is 0 Å². The molecule has 6 heteroatoms. The van der Waals surface area contributed by atoms with Gasteiger partial charge in [-0.3, -0.25) is 9.59 Å². The van der Waals surface area contributed by atoms with Crippen LogP contribution in [-0.2, 0) is 20.4 Å². The smallest absolute Gasteiger partial charge is 0.321 e. The molecule has 4 aromatic carbocycles. The van der Waals surface area contributed by atoms with Gasteiger partial charge in [0.05, 0.1) is 5.41 Å². The van der Waals surface area contributed by atoms with Gasteiger partial charge >= 0.3 is 11.9 Å². The van der Waals surface area contributed by atoms with Crippen LogP contribution < -0.4 is 18.9 Å². The van der Waals surface area contributed by atoms with Gasteiger partial charge in [-0.15, -0.1) is 0 Å². The minimum absolute atomic E-state index is 0.189. The lowest BCUT2D eigenvalue weighted by Gasteiger charge is -2.47. The molecule has 0 spiro atoms. The van der Waals surface area contributed by atoms with Crippen LogP contribution in [0.5, 0.6) is 23.0 Å². The molecule has 0 amide bonds. The summed E-state index contributed by atoms with van der Waals surface area (Å²) in [4.78, 5) is 27.6. The molecule has 0 atom stereocenters. The van der Waals surface area contributed by atoms with E-state index in [4.69, 9.17) is 18.9 Å². The quantitative estimate of drug-likeness (QED) is 0.0614. The van der Waals surface area contributed by atoms with Crippen molar-refractivity contribution in [3.8, 4) is 23.0 Å². The Kier molecular flexibility index (Phi) is 16.0. The zero-order chi connectivity index (χ0) is 46.3. The summed E-state index contributed by atoms with van der Waals surface area (Å²) in [5, 5.41) is 0. The minimum atomic E-state index is -0.900. The molecule has 4 aromatic rings. The topological polar surface area (TPSA) is 71.1 Å². The van der Waals surface area contributed by atoms with E-state index in [9.17, 15) is 9.59 Å². The van der Waals surface area contributed by atoms with Gasteiger partial charge in [0.25, 0.3) is 0 Å². The van der Waals surface area contributed by atoms with Gasteiger partial charge in [-0.2, -0.15) is 0 Å². The summed E-state index contributed by atoms with van der Waals surface area (Å²) in [6, 6.07) is 28.8. The fraction of sp³-hybridized carbons (Fsp3) is 0.536. The van der Waals surface area contributed by atoms with E-state index in [0.717, 1.165) is 59.3 Å². The lowest BCUT2D eigenvalue weighted by Crippen LogP contribution is -2.57. The van der Waals surface area contributed by atoms with Gasteiger partial charge in [0.2, 0.25) is 0 Å². The molecular weight excluding hydrogens is 769 g/mol. The molecule has 0 fully saturated rings. The number of hydrogen-bond acceptors (Lipinski definition) is 6. The first-order valence-corrected chi connectivity index (χ1v) is 23.4. The zero-order valence-corrected chi connectivity index (χ0v) is 41.2. The molecule has 0 N–H and O–H groups in total. The standard InChI is InChI=1S/C56H78O6/c1-17-53(15,18-2)49(57)59-45-31-25-41(26-32-45)51(11,12)42-27-33-46(34-28-42)61-56(23-7,24-8)55(21-5,22-6)50(58)60-47-35-29-43(37-39(47)9)52(13,14)44-30-36-48(40(10)38-44)62-54(16,19-3)20-4/h25-38H,17-24H2,1-16H3. The van der Waals surface area contributed by atoms with Gasteiger partial charge in [-0.25, -0.2) is 0 Å². The van der Waals surface area contributed by atoms with E-state index in [2.05, 4.69) is 126 Å². The van der Waals surface area contributed by atoms with Crippen LogP contribution in [0.2, 0.25) is 0 Å². The second-order valence-corrected chi connectivity index (χ2v) is 19.2. The second kappa shape index (κ2) is 19.9. The van der Waals surface area contributed by atoms with Crippen LogP contribution >= 0.6 is 0 Å². The fourth-order valence-corrected chi connectivity index (χ4v) is 8.91. The summed E-state index contributed by atoms with van der Waals surface area (Å²) in [6.45, 7) is 33.8. The van der Waals surface area contributed by atoms with Crippen molar-refractivity contribution in [1.29, 1.82) is 0 Å². The summed E-state index contributed by atoms with van der Waals surface area (Å²) < 4.78 is 25.7. The van der Waals surface area contributed by atoms with Crippen LogP contribution in [0.15, 0.2) is 84.9 Å². The van der Waals surface area contributed by atoms with Crippen molar-refractivity contribution < 1.29 is 28.5 Å². The lowest BCUT2D eigenvalue weighted by molar-refractivity contribution is -0.165. The Morgan fingerprint density at radius 3 is 1.26 bits per heavy atom. The summed E-state index contributed by atoms with van der Waals surface area (Å²) in [5.74, 6) is 2.30. The number of esters is 2. The molecule has 0 aliphatic heterocycles. The van der Waals surface area contributed by atoms with Gasteiger partial charge in [0.15, 0.2) is 0 Å². The highest BCUT2D eigenvalue weighted by molar-refractivity contribution is 5.81. The molecule has 0 radical (unpaired) electrons. The highest BCUT2D eigenvalue weighted by Crippen LogP contribution is 2.48. The molecule has 0 heterocycles. The SMILES string of the molecule is CCC(C)(CC)Oc1ccc(C(C)(C)c2ccc(OC(=O)C(CC)(CC)C(CC)(CC)Oc3ccc(C(C)(C)c4ccc(OC(=O)C(C)(CC)CC)cc4)cc3)c(C)c2)cc1C. The first kappa shape index (κ1) is 50.1. The van der Waals surface area contributed by atoms with E-state index in [0.29, 0.717) is 42.9 Å².